The van der Waals surface area contributed by atoms with Crippen LogP contribution in [0.3, 0.4) is 0 Å². The molecule has 3 aromatic rings. The van der Waals surface area contributed by atoms with Gasteiger partial charge in [0, 0.05) is 18.3 Å². The number of hydrogen-bond donors (Lipinski definition) is 1. The van der Waals surface area contributed by atoms with Crippen LogP contribution in [0.5, 0.6) is 0 Å². The molecule has 0 spiro atoms. The maximum atomic E-state index is 13.5. The zero-order valence-electron chi connectivity index (χ0n) is 10.8. The zero-order chi connectivity index (χ0) is 13.8. The normalized spacial score (nSPS) is 10.4. The summed E-state index contributed by atoms with van der Waals surface area (Å²) >= 11 is 0. The molecule has 100 valence electrons. The fraction of sp³-hybridized carbons (Fsp3) is 0.0625. The van der Waals surface area contributed by atoms with E-state index in [9.17, 15) is 4.39 Å². The summed E-state index contributed by atoms with van der Waals surface area (Å²) in [7, 11) is 0. The Balaban J connectivity index is 1.71. The highest BCUT2D eigenvalue weighted by Crippen LogP contribution is 2.14. The van der Waals surface area contributed by atoms with E-state index in [1.54, 1.807) is 29.1 Å². The highest BCUT2D eigenvalue weighted by molar-refractivity contribution is 5.44. The predicted octanol–water partition coefficient (Wildman–Crippen LogP) is 3.62. The number of nitrogens with zero attached hydrogens (tertiary/aromatic N) is 2. The van der Waals surface area contributed by atoms with E-state index >= 15 is 0 Å². The van der Waals surface area contributed by atoms with Gasteiger partial charge in [0.1, 0.15) is 5.82 Å². The van der Waals surface area contributed by atoms with Gasteiger partial charge in [0.25, 0.3) is 0 Å². The second-order valence-corrected chi connectivity index (χ2v) is 4.46. The molecule has 3 rings (SSSR count). The van der Waals surface area contributed by atoms with Crippen molar-refractivity contribution in [3.8, 4) is 5.69 Å². The second kappa shape index (κ2) is 5.57. The molecule has 3 nitrogen and oxygen atoms in total. The lowest BCUT2D eigenvalue weighted by atomic mass is 10.3. The third kappa shape index (κ3) is 2.69. The monoisotopic (exact) mass is 267 g/mol. The summed E-state index contributed by atoms with van der Waals surface area (Å²) in [4.78, 5) is 0. The smallest absolute Gasteiger partial charge is 0.146 e. The number of aromatic nitrogens is 2. The van der Waals surface area contributed by atoms with Crippen molar-refractivity contribution < 1.29 is 4.39 Å². The van der Waals surface area contributed by atoms with Crippen molar-refractivity contribution in [2.24, 2.45) is 0 Å². The Hall–Kier alpha value is -2.62. The Morgan fingerprint density at radius 1 is 1.00 bits per heavy atom. The average Bonchev–Trinajstić information content (AvgIpc) is 2.96. The van der Waals surface area contributed by atoms with Gasteiger partial charge in [-0.25, -0.2) is 9.07 Å². The van der Waals surface area contributed by atoms with Crippen molar-refractivity contribution in [1.29, 1.82) is 0 Å². The third-order valence-corrected chi connectivity index (χ3v) is 3.01. The Labute approximate surface area is 116 Å². The molecule has 0 saturated heterocycles. The van der Waals surface area contributed by atoms with Gasteiger partial charge < -0.3 is 5.32 Å². The molecular formula is C16H14FN3. The lowest BCUT2D eigenvalue weighted by Crippen LogP contribution is -2.00. The van der Waals surface area contributed by atoms with Gasteiger partial charge in [0.15, 0.2) is 0 Å². The van der Waals surface area contributed by atoms with E-state index in [2.05, 4.69) is 10.4 Å². The first-order valence-corrected chi connectivity index (χ1v) is 6.40. The minimum Gasteiger partial charge on any atom is -0.378 e. The number of rotatable bonds is 4. The maximum absolute atomic E-state index is 13.5. The predicted molar refractivity (Wildman–Crippen MR) is 77.3 cm³/mol. The van der Waals surface area contributed by atoms with Gasteiger partial charge in [0.05, 0.1) is 17.6 Å². The van der Waals surface area contributed by atoms with Gasteiger partial charge in [-0.3, -0.25) is 0 Å². The molecular weight excluding hydrogens is 253 g/mol. The molecule has 0 unspecified atom stereocenters. The molecule has 1 heterocycles. The van der Waals surface area contributed by atoms with E-state index in [-0.39, 0.29) is 5.82 Å². The van der Waals surface area contributed by atoms with E-state index in [1.807, 2.05) is 36.5 Å². The molecule has 4 heteroatoms. The quantitative estimate of drug-likeness (QED) is 0.782. The van der Waals surface area contributed by atoms with E-state index in [4.69, 9.17) is 0 Å². The largest absolute Gasteiger partial charge is 0.378 e. The Morgan fingerprint density at radius 3 is 2.55 bits per heavy atom. The topological polar surface area (TPSA) is 29.9 Å². The standard InChI is InChI=1S/C16H14FN3/c17-15-8-4-5-9-16(15)18-10-13-11-19-20(12-13)14-6-2-1-3-7-14/h1-9,11-12,18H,10H2. The molecule has 0 aliphatic heterocycles. The average molecular weight is 267 g/mol. The highest BCUT2D eigenvalue weighted by Gasteiger charge is 2.03. The summed E-state index contributed by atoms with van der Waals surface area (Å²) in [5.74, 6) is -0.247. The van der Waals surface area contributed by atoms with Gasteiger partial charge in [-0.1, -0.05) is 30.3 Å². The first-order valence-electron chi connectivity index (χ1n) is 6.40. The van der Waals surface area contributed by atoms with Crippen LogP contribution < -0.4 is 5.32 Å². The molecule has 1 N–H and O–H groups in total. The zero-order valence-corrected chi connectivity index (χ0v) is 10.8. The molecule has 20 heavy (non-hydrogen) atoms. The van der Waals surface area contributed by atoms with Crippen LogP contribution in [0.2, 0.25) is 0 Å². The van der Waals surface area contributed by atoms with Gasteiger partial charge in [0.2, 0.25) is 0 Å². The van der Waals surface area contributed by atoms with Crippen molar-refractivity contribution in [2.45, 2.75) is 6.54 Å². The molecule has 0 saturated carbocycles. The van der Waals surface area contributed by atoms with Gasteiger partial charge in [-0.2, -0.15) is 5.10 Å². The van der Waals surface area contributed by atoms with Crippen molar-refractivity contribution in [3.63, 3.8) is 0 Å². The SMILES string of the molecule is Fc1ccccc1NCc1cnn(-c2ccccc2)c1. The van der Waals surface area contributed by atoms with E-state index < -0.39 is 0 Å². The molecule has 0 radical (unpaired) electrons. The van der Waals surface area contributed by atoms with Gasteiger partial charge in [-0.15, -0.1) is 0 Å². The van der Waals surface area contributed by atoms with E-state index in [0.717, 1.165) is 11.3 Å². The molecule has 0 aliphatic carbocycles. The van der Waals surface area contributed by atoms with Crippen LogP contribution in [0, 0.1) is 5.82 Å². The summed E-state index contributed by atoms with van der Waals surface area (Å²) in [5, 5.41) is 7.37. The molecule has 2 aromatic carbocycles. The summed E-state index contributed by atoms with van der Waals surface area (Å²) in [6.07, 6.45) is 3.71. The molecule has 0 bridgehead atoms. The van der Waals surface area contributed by atoms with E-state index in [0.29, 0.717) is 12.2 Å². The minimum atomic E-state index is -0.247. The van der Waals surface area contributed by atoms with Crippen molar-refractivity contribution in [3.05, 3.63) is 78.4 Å². The molecule has 0 fully saturated rings. The van der Waals surface area contributed by atoms with Crippen molar-refractivity contribution in [1.82, 2.24) is 9.78 Å². The fourth-order valence-electron chi connectivity index (χ4n) is 1.98. The first kappa shape index (κ1) is 12.4. The van der Waals surface area contributed by atoms with Crippen molar-refractivity contribution in [2.75, 3.05) is 5.32 Å². The summed E-state index contributed by atoms with van der Waals surface area (Å²) in [6, 6.07) is 16.5. The maximum Gasteiger partial charge on any atom is 0.146 e. The highest BCUT2D eigenvalue weighted by atomic mass is 19.1. The van der Waals surface area contributed by atoms with Gasteiger partial charge in [-0.05, 0) is 24.3 Å². The summed E-state index contributed by atoms with van der Waals surface area (Å²) in [5.41, 5.74) is 2.50. The van der Waals surface area contributed by atoms with Crippen LogP contribution >= 0.6 is 0 Å². The van der Waals surface area contributed by atoms with Gasteiger partial charge >= 0.3 is 0 Å². The van der Waals surface area contributed by atoms with Crippen LogP contribution in [-0.4, -0.2) is 9.78 Å². The first-order chi connectivity index (χ1) is 9.83. The minimum absolute atomic E-state index is 0.247. The lowest BCUT2D eigenvalue weighted by molar-refractivity contribution is 0.630. The van der Waals surface area contributed by atoms with Crippen LogP contribution in [0.1, 0.15) is 5.56 Å². The molecule has 0 aliphatic rings. The third-order valence-electron chi connectivity index (χ3n) is 3.01. The molecule has 0 amide bonds. The Kier molecular flexibility index (Phi) is 3.46. The number of benzene rings is 2. The number of hydrogen-bond acceptors (Lipinski definition) is 2. The number of anilines is 1. The Bertz CT molecular complexity index is 692. The Morgan fingerprint density at radius 2 is 1.75 bits per heavy atom. The number of halogens is 1. The van der Waals surface area contributed by atoms with Crippen LogP contribution in [0.25, 0.3) is 5.69 Å². The van der Waals surface area contributed by atoms with Crippen LogP contribution in [0.15, 0.2) is 67.0 Å². The van der Waals surface area contributed by atoms with Crippen LogP contribution in [-0.2, 0) is 6.54 Å². The molecule has 1 aromatic heterocycles. The second-order valence-electron chi connectivity index (χ2n) is 4.46. The van der Waals surface area contributed by atoms with E-state index in [1.165, 1.54) is 6.07 Å². The van der Waals surface area contributed by atoms with Crippen LogP contribution in [0.4, 0.5) is 10.1 Å². The fourth-order valence-corrected chi connectivity index (χ4v) is 1.98. The molecule has 0 atom stereocenters. The van der Waals surface area contributed by atoms with Crippen molar-refractivity contribution >= 4 is 5.69 Å². The lowest BCUT2D eigenvalue weighted by Gasteiger charge is -2.05. The number of para-hydroxylation sites is 2. The number of nitrogens with one attached hydrogen (secondary N) is 1. The summed E-state index contributed by atoms with van der Waals surface area (Å²) in [6.45, 7) is 0.535. The summed E-state index contributed by atoms with van der Waals surface area (Å²) < 4.78 is 15.3.